The summed E-state index contributed by atoms with van der Waals surface area (Å²) in [5, 5.41) is 11.4. The van der Waals surface area contributed by atoms with Crippen LogP contribution in [0.5, 0.6) is 0 Å². The Balaban J connectivity index is 1.90. The molecule has 0 saturated carbocycles. The van der Waals surface area contributed by atoms with E-state index in [1.165, 1.54) is 0 Å². The summed E-state index contributed by atoms with van der Waals surface area (Å²) in [5.41, 5.74) is 0.673. The number of carbonyl (C=O) groups is 2. The lowest BCUT2D eigenvalue weighted by Gasteiger charge is -2.04. The van der Waals surface area contributed by atoms with Gasteiger partial charge in [-0.25, -0.2) is 14.6 Å². The van der Waals surface area contributed by atoms with Crippen LogP contribution in [-0.2, 0) is 0 Å². The highest BCUT2D eigenvalue weighted by atomic mass is 16.4. The lowest BCUT2D eigenvalue weighted by Crippen LogP contribution is -2.16. The third-order valence-corrected chi connectivity index (χ3v) is 2.84. The molecule has 9 heteroatoms. The summed E-state index contributed by atoms with van der Waals surface area (Å²) in [6.07, 6.45) is 1.13. The topological polar surface area (TPSA) is 144 Å². The van der Waals surface area contributed by atoms with Crippen LogP contribution in [0.3, 0.4) is 0 Å². The van der Waals surface area contributed by atoms with Crippen molar-refractivity contribution in [3.8, 4) is 0 Å². The van der Waals surface area contributed by atoms with Crippen molar-refractivity contribution in [1.82, 2.24) is 19.9 Å². The van der Waals surface area contributed by atoms with Crippen LogP contribution in [0.2, 0.25) is 0 Å². The minimum atomic E-state index is -1.27. The first-order valence-corrected chi connectivity index (χ1v) is 5.84. The predicted octanol–water partition coefficient (Wildman–Crippen LogP) is 0.530. The number of amides is 1. The van der Waals surface area contributed by atoms with Gasteiger partial charge in [0.2, 0.25) is 0 Å². The number of carbonyl (C=O) groups excluding carboxylic acids is 1. The molecule has 21 heavy (non-hydrogen) atoms. The van der Waals surface area contributed by atoms with Gasteiger partial charge in [0.15, 0.2) is 11.4 Å². The van der Waals surface area contributed by atoms with E-state index in [1.807, 2.05) is 0 Å². The lowest BCUT2D eigenvalue weighted by atomic mass is 10.2. The van der Waals surface area contributed by atoms with E-state index >= 15 is 0 Å². The van der Waals surface area contributed by atoms with Gasteiger partial charge in [-0.05, 0) is 18.2 Å². The number of carboxylic acid groups (broad SMARTS) is 1. The number of aromatic amines is 3. The van der Waals surface area contributed by atoms with Crippen molar-refractivity contribution >= 4 is 28.6 Å². The van der Waals surface area contributed by atoms with Gasteiger partial charge in [0.1, 0.15) is 0 Å². The quantitative estimate of drug-likeness (QED) is 0.477. The van der Waals surface area contributed by atoms with E-state index in [0.717, 1.165) is 6.33 Å². The van der Waals surface area contributed by atoms with Crippen LogP contribution in [0.15, 0.2) is 29.3 Å². The summed E-state index contributed by atoms with van der Waals surface area (Å²) in [7, 11) is 0. The van der Waals surface area contributed by atoms with Crippen LogP contribution < -0.4 is 11.0 Å². The molecule has 1 aromatic carbocycles. The van der Waals surface area contributed by atoms with Gasteiger partial charge in [-0.2, -0.15) is 0 Å². The normalized spacial score (nSPS) is 10.7. The SMILES string of the molecule is O=C(Nc1ccc2[nH]c(=O)[nH]c2c1)c1nc[nH]c1C(=O)O. The van der Waals surface area contributed by atoms with Crippen LogP contribution in [0.25, 0.3) is 11.0 Å². The second-order valence-electron chi connectivity index (χ2n) is 4.22. The molecule has 0 radical (unpaired) electrons. The molecule has 0 aliphatic heterocycles. The van der Waals surface area contributed by atoms with E-state index in [4.69, 9.17) is 5.11 Å². The van der Waals surface area contributed by atoms with Crippen molar-refractivity contribution in [2.45, 2.75) is 0 Å². The first kappa shape index (κ1) is 12.7. The number of carboxylic acids is 1. The molecule has 0 unspecified atom stereocenters. The van der Waals surface area contributed by atoms with Crippen molar-refractivity contribution in [3.63, 3.8) is 0 Å². The smallest absolute Gasteiger partial charge is 0.354 e. The van der Waals surface area contributed by atoms with E-state index in [0.29, 0.717) is 16.7 Å². The maximum atomic E-state index is 12.0. The molecule has 0 spiro atoms. The Morgan fingerprint density at radius 1 is 1.19 bits per heavy atom. The molecule has 1 amide bonds. The number of hydrogen-bond donors (Lipinski definition) is 5. The number of aromatic carboxylic acids is 1. The minimum Gasteiger partial charge on any atom is -0.477 e. The molecule has 0 atom stereocenters. The van der Waals surface area contributed by atoms with E-state index < -0.39 is 11.9 Å². The molecule has 2 aromatic heterocycles. The third-order valence-electron chi connectivity index (χ3n) is 2.84. The largest absolute Gasteiger partial charge is 0.477 e. The molecule has 0 bridgehead atoms. The highest BCUT2D eigenvalue weighted by Crippen LogP contribution is 2.15. The average Bonchev–Trinajstić information content (AvgIpc) is 3.03. The van der Waals surface area contributed by atoms with Gasteiger partial charge in [0, 0.05) is 5.69 Å². The van der Waals surface area contributed by atoms with Crippen LogP contribution >= 0.6 is 0 Å². The molecular weight excluding hydrogens is 278 g/mol. The number of fused-ring (bicyclic) bond motifs is 1. The van der Waals surface area contributed by atoms with Gasteiger partial charge in [-0.1, -0.05) is 0 Å². The fourth-order valence-electron chi connectivity index (χ4n) is 1.93. The number of nitrogens with one attached hydrogen (secondary N) is 4. The Kier molecular flexibility index (Phi) is 2.79. The van der Waals surface area contributed by atoms with Gasteiger partial charge in [-0.3, -0.25) is 4.79 Å². The molecule has 106 valence electrons. The Hall–Kier alpha value is -3.36. The number of rotatable bonds is 3. The second kappa shape index (κ2) is 4.63. The lowest BCUT2D eigenvalue weighted by molar-refractivity contribution is 0.0686. The van der Waals surface area contributed by atoms with Crippen LogP contribution in [0.4, 0.5) is 5.69 Å². The number of H-pyrrole nitrogens is 3. The fraction of sp³-hybridized carbons (Fsp3) is 0. The second-order valence-corrected chi connectivity index (χ2v) is 4.22. The molecule has 0 saturated heterocycles. The zero-order valence-corrected chi connectivity index (χ0v) is 10.4. The van der Waals surface area contributed by atoms with Crippen molar-refractivity contribution in [2.75, 3.05) is 5.32 Å². The standard InChI is InChI=1S/C12H9N5O4/c18-10(8-9(11(19)20)14-4-13-8)15-5-1-2-6-7(3-5)17-12(21)16-6/h1-4H,(H,13,14)(H,15,18)(H,19,20)(H2,16,17,21). The highest BCUT2D eigenvalue weighted by molar-refractivity contribution is 6.09. The van der Waals surface area contributed by atoms with Crippen molar-refractivity contribution in [1.29, 1.82) is 0 Å². The summed E-state index contributed by atoms with van der Waals surface area (Å²) in [5.74, 6) is -1.94. The molecule has 3 rings (SSSR count). The van der Waals surface area contributed by atoms with Crippen LogP contribution in [0.1, 0.15) is 21.0 Å². The van der Waals surface area contributed by atoms with Gasteiger partial charge < -0.3 is 25.4 Å². The van der Waals surface area contributed by atoms with Crippen molar-refractivity contribution in [3.05, 3.63) is 46.4 Å². The van der Waals surface area contributed by atoms with Gasteiger partial charge in [0.25, 0.3) is 5.91 Å². The number of benzene rings is 1. The summed E-state index contributed by atoms with van der Waals surface area (Å²) in [6, 6.07) is 4.75. The van der Waals surface area contributed by atoms with Crippen molar-refractivity contribution < 1.29 is 14.7 Å². The minimum absolute atomic E-state index is 0.217. The maximum absolute atomic E-state index is 12.0. The van der Waals surface area contributed by atoms with Crippen LogP contribution in [-0.4, -0.2) is 36.9 Å². The van der Waals surface area contributed by atoms with E-state index in [9.17, 15) is 14.4 Å². The summed E-state index contributed by atoms with van der Waals surface area (Å²) >= 11 is 0. The van der Waals surface area contributed by atoms with Gasteiger partial charge >= 0.3 is 11.7 Å². The third kappa shape index (κ3) is 2.27. The average molecular weight is 287 g/mol. The Labute approximate surface area is 116 Å². The number of aromatic nitrogens is 4. The monoisotopic (exact) mass is 287 g/mol. The molecule has 0 aliphatic carbocycles. The summed E-state index contributed by atoms with van der Waals surface area (Å²) in [6.45, 7) is 0. The molecule has 3 aromatic rings. The molecule has 0 aliphatic rings. The molecule has 0 fully saturated rings. The predicted molar refractivity (Wildman–Crippen MR) is 72.4 cm³/mol. The molecule has 2 heterocycles. The zero-order valence-electron chi connectivity index (χ0n) is 10.4. The van der Waals surface area contributed by atoms with E-state index in [2.05, 4.69) is 25.3 Å². The maximum Gasteiger partial charge on any atom is 0.354 e. The fourth-order valence-corrected chi connectivity index (χ4v) is 1.93. The number of imidazole rings is 2. The van der Waals surface area contributed by atoms with E-state index in [1.54, 1.807) is 18.2 Å². The van der Waals surface area contributed by atoms with Crippen LogP contribution in [0, 0.1) is 0 Å². The summed E-state index contributed by atoms with van der Waals surface area (Å²) in [4.78, 5) is 45.3. The van der Waals surface area contributed by atoms with E-state index in [-0.39, 0.29) is 17.1 Å². The molecule has 5 N–H and O–H groups in total. The number of anilines is 1. The first-order valence-electron chi connectivity index (χ1n) is 5.84. The Morgan fingerprint density at radius 3 is 2.71 bits per heavy atom. The summed E-state index contributed by atoms with van der Waals surface area (Å²) < 4.78 is 0. The Morgan fingerprint density at radius 2 is 1.95 bits per heavy atom. The highest BCUT2D eigenvalue weighted by Gasteiger charge is 2.19. The first-order chi connectivity index (χ1) is 10.0. The molecular formula is C12H9N5O4. The van der Waals surface area contributed by atoms with Gasteiger partial charge in [-0.15, -0.1) is 0 Å². The zero-order chi connectivity index (χ0) is 15.0. The number of hydrogen-bond acceptors (Lipinski definition) is 4. The number of nitrogens with zero attached hydrogens (tertiary/aromatic N) is 1. The van der Waals surface area contributed by atoms with Gasteiger partial charge in [0.05, 0.1) is 17.4 Å². The van der Waals surface area contributed by atoms with Crippen molar-refractivity contribution in [2.24, 2.45) is 0 Å². The Bertz CT molecular complexity index is 904. The molecule has 9 nitrogen and oxygen atoms in total.